The molecule has 88 valence electrons. The van der Waals surface area contributed by atoms with Gasteiger partial charge in [0.25, 0.3) is 0 Å². The van der Waals surface area contributed by atoms with Gasteiger partial charge in [-0.25, -0.2) is 4.79 Å². The Hall–Kier alpha value is -0.690. The number of carbonyl (C=O) groups excluding carboxylic acids is 1. The van der Waals surface area contributed by atoms with Crippen LogP contribution < -0.4 is 0 Å². The summed E-state index contributed by atoms with van der Waals surface area (Å²) in [5.74, 6) is -2.26. The van der Waals surface area contributed by atoms with E-state index in [2.05, 4.69) is 4.74 Å². The van der Waals surface area contributed by atoms with Crippen molar-refractivity contribution in [1.29, 1.82) is 0 Å². The Morgan fingerprint density at radius 3 is 2.47 bits per heavy atom. The van der Waals surface area contributed by atoms with E-state index in [0.29, 0.717) is 0 Å². The molecule has 0 aromatic rings. The SMILES string of the molecule is COC(=O)[C@]1(O)CC(OC)O[C@]1(C)OC. The van der Waals surface area contributed by atoms with Crippen LogP contribution >= 0.6 is 0 Å². The van der Waals surface area contributed by atoms with Crippen LogP contribution in [0.15, 0.2) is 0 Å². The molecule has 1 aliphatic heterocycles. The topological polar surface area (TPSA) is 74.2 Å². The van der Waals surface area contributed by atoms with E-state index in [4.69, 9.17) is 14.2 Å². The van der Waals surface area contributed by atoms with Crippen molar-refractivity contribution in [3.8, 4) is 0 Å². The first-order valence-corrected chi connectivity index (χ1v) is 4.50. The molecule has 0 bridgehead atoms. The van der Waals surface area contributed by atoms with Crippen LogP contribution in [0.5, 0.6) is 0 Å². The highest BCUT2D eigenvalue weighted by Crippen LogP contribution is 2.41. The zero-order valence-electron chi connectivity index (χ0n) is 9.27. The number of hydrogen-bond donors (Lipinski definition) is 1. The largest absolute Gasteiger partial charge is 0.467 e. The average Bonchev–Trinajstić information content (AvgIpc) is 2.52. The third kappa shape index (κ3) is 1.74. The molecule has 1 saturated heterocycles. The molecule has 1 heterocycles. The van der Waals surface area contributed by atoms with Gasteiger partial charge in [0.05, 0.1) is 7.11 Å². The van der Waals surface area contributed by atoms with E-state index in [1.165, 1.54) is 28.3 Å². The Balaban J connectivity index is 2.99. The van der Waals surface area contributed by atoms with Crippen molar-refractivity contribution in [3.63, 3.8) is 0 Å². The zero-order chi connectivity index (χ0) is 11.7. The molecule has 6 nitrogen and oxygen atoms in total. The van der Waals surface area contributed by atoms with Crippen LogP contribution in [0.25, 0.3) is 0 Å². The van der Waals surface area contributed by atoms with Crippen LogP contribution in [0.3, 0.4) is 0 Å². The normalized spacial score (nSPS) is 40.5. The zero-order valence-corrected chi connectivity index (χ0v) is 9.27. The van der Waals surface area contributed by atoms with Crippen LogP contribution in [0.1, 0.15) is 13.3 Å². The first-order valence-electron chi connectivity index (χ1n) is 4.50. The maximum Gasteiger partial charge on any atom is 0.343 e. The van der Waals surface area contributed by atoms with E-state index in [0.717, 1.165) is 0 Å². The van der Waals surface area contributed by atoms with Crippen molar-refractivity contribution in [2.45, 2.75) is 31.0 Å². The standard InChI is InChI=1S/C9H16O6/c1-8(14-4)9(11,7(10)13-3)5-6(12-2)15-8/h6,11H,5H2,1-4H3/t6?,8-,9+/m0/s1. The lowest BCUT2D eigenvalue weighted by Gasteiger charge is -2.33. The third-order valence-corrected chi connectivity index (χ3v) is 2.75. The van der Waals surface area contributed by atoms with E-state index in [9.17, 15) is 9.90 Å². The lowest BCUT2D eigenvalue weighted by molar-refractivity contribution is -0.287. The fourth-order valence-corrected chi connectivity index (χ4v) is 1.60. The molecule has 6 heteroatoms. The molecule has 3 atom stereocenters. The second-order valence-corrected chi connectivity index (χ2v) is 3.49. The van der Waals surface area contributed by atoms with Gasteiger partial charge in [-0.05, 0) is 6.92 Å². The maximum absolute atomic E-state index is 11.5. The number of ether oxygens (including phenoxy) is 4. The molecule has 0 spiro atoms. The molecule has 0 radical (unpaired) electrons. The molecule has 0 saturated carbocycles. The van der Waals surface area contributed by atoms with E-state index in [1.54, 1.807) is 0 Å². The lowest BCUT2D eigenvalue weighted by Crippen LogP contribution is -2.56. The second-order valence-electron chi connectivity index (χ2n) is 3.49. The highest BCUT2D eigenvalue weighted by molar-refractivity contribution is 5.81. The Morgan fingerprint density at radius 1 is 1.47 bits per heavy atom. The van der Waals surface area contributed by atoms with Crippen LogP contribution in [0, 0.1) is 0 Å². The molecular formula is C9H16O6. The maximum atomic E-state index is 11.5. The average molecular weight is 220 g/mol. The van der Waals surface area contributed by atoms with Crippen LogP contribution in [-0.4, -0.2) is 50.1 Å². The van der Waals surface area contributed by atoms with E-state index >= 15 is 0 Å². The summed E-state index contributed by atoms with van der Waals surface area (Å²) >= 11 is 0. The van der Waals surface area contributed by atoms with Crippen LogP contribution in [0.4, 0.5) is 0 Å². The predicted octanol–water partition coefficient (Wildman–Crippen LogP) is -0.354. The quantitative estimate of drug-likeness (QED) is 0.655. The van der Waals surface area contributed by atoms with Gasteiger partial charge < -0.3 is 24.1 Å². The van der Waals surface area contributed by atoms with E-state index in [1.807, 2.05) is 0 Å². The first kappa shape index (κ1) is 12.4. The molecular weight excluding hydrogens is 204 g/mol. The molecule has 1 unspecified atom stereocenters. The third-order valence-electron chi connectivity index (χ3n) is 2.75. The summed E-state index contributed by atoms with van der Waals surface area (Å²) in [6, 6.07) is 0. The van der Waals surface area contributed by atoms with Crippen molar-refractivity contribution >= 4 is 5.97 Å². The first-order chi connectivity index (χ1) is 6.93. The Labute approximate surface area is 88.1 Å². The molecule has 1 rings (SSSR count). The summed E-state index contributed by atoms with van der Waals surface area (Å²) in [6.45, 7) is 1.46. The van der Waals surface area contributed by atoms with E-state index < -0.39 is 23.6 Å². The lowest BCUT2D eigenvalue weighted by atomic mass is 9.93. The van der Waals surface area contributed by atoms with Crippen molar-refractivity contribution < 1.29 is 28.8 Å². The van der Waals surface area contributed by atoms with Gasteiger partial charge in [0.1, 0.15) is 0 Å². The molecule has 1 N–H and O–H groups in total. The highest BCUT2D eigenvalue weighted by atomic mass is 16.8. The molecule has 1 fully saturated rings. The summed E-state index contributed by atoms with van der Waals surface area (Å²) < 4.78 is 19.8. The summed E-state index contributed by atoms with van der Waals surface area (Å²) in [4.78, 5) is 11.5. The van der Waals surface area contributed by atoms with Gasteiger partial charge in [0, 0.05) is 20.6 Å². The number of carbonyl (C=O) groups is 1. The highest BCUT2D eigenvalue weighted by Gasteiger charge is 2.63. The number of hydrogen-bond acceptors (Lipinski definition) is 6. The number of aliphatic hydroxyl groups is 1. The number of methoxy groups -OCH3 is 3. The monoisotopic (exact) mass is 220 g/mol. The summed E-state index contributed by atoms with van der Waals surface area (Å²) in [5.41, 5.74) is -1.85. The van der Waals surface area contributed by atoms with E-state index in [-0.39, 0.29) is 6.42 Å². The smallest absolute Gasteiger partial charge is 0.343 e. The van der Waals surface area contributed by atoms with Crippen molar-refractivity contribution in [2.24, 2.45) is 0 Å². The summed E-state index contributed by atoms with van der Waals surface area (Å²) in [6.07, 6.45) is -0.723. The molecule has 15 heavy (non-hydrogen) atoms. The van der Waals surface area contributed by atoms with Crippen molar-refractivity contribution in [1.82, 2.24) is 0 Å². The Kier molecular flexibility index (Phi) is 3.34. The molecule has 1 aliphatic rings. The Morgan fingerprint density at radius 2 is 2.07 bits per heavy atom. The van der Waals surface area contributed by atoms with Gasteiger partial charge in [-0.1, -0.05) is 0 Å². The molecule has 0 aromatic heterocycles. The van der Waals surface area contributed by atoms with Gasteiger partial charge in [0.2, 0.25) is 11.4 Å². The van der Waals surface area contributed by atoms with Gasteiger partial charge >= 0.3 is 5.97 Å². The van der Waals surface area contributed by atoms with Crippen LogP contribution in [0.2, 0.25) is 0 Å². The van der Waals surface area contributed by atoms with Gasteiger partial charge in [0.15, 0.2) is 6.29 Å². The number of rotatable bonds is 3. The fraction of sp³-hybridized carbons (Fsp3) is 0.889. The van der Waals surface area contributed by atoms with Gasteiger partial charge in [-0.15, -0.1) is 0 Å². The van der Waals surface area contributed by atoms with Gasteiger partial charge in [-0.3, -0.25) is 0 Å². The summed E-state index contributed by atoms with van der Waals surface area (Å²) in [7, 11) is 3.95. The minimum absolute atomic E-state index is 0.0273. The minimum atomic E-state index is -1.85. The fourth-order valence-electron chi connectivity index (χ4n) is 1.60. The van der Waals surface area contributed by atoms with Crippen molar-refractivity contribution in [2.75, 3.05) is 21.3 Å². The molecule has 0 aliphatic carbocycles. The van der Waals surface area contributed by atoms with Crippen LogP contribution in [-0.2, 0) is 23.7 Å². The summed E-state index contributed by atoms with van der Waals surface area (Å²) in [5, 5.41) is 10.2. The van der Waals surface area contributed by atoms with Crippen molar-refractivity contribution in [3.05, 3.63) is 0 Å². The molecule has 0 amide bonds. The Bertz CT molecular complexity index is 255. The second kappa shape index (κ2) is 4.05. The van der Waals surface area contributed by atoms with Gasteiger partial charge in [-0.2, -0.15) is 0 Å². The minimum Gasteiger partial charge on any atom is -0.467 e. The number of esters is 1. The predicted molar refractivity (Wildman–Crippen MR) is 48.9 cm³/mol. The molecule has 0 aromatic carbocycles.